The Hall–Kier alpha value is -1.36. The average molecular weight is 267 g/mol. The smallest absolute Gasteiger partial charge is 0.239 e. The quantitative estimate of drug-likeness (QED) is 0.615. The molecule has 19 heavy (non-hydrogen) atoms. The number of hydrogen-bond donors (Lipinski definition) is 3. The van der Waals surface area contributed by atoms with Gasteiger partial charge in [0.1, 0.15) is 0 Å². The third-order valence-corrected chi connectivity index (χ3v) is 3.41. The molecule has 0 heterocycles. The molecule has 0 fully saturated rings. The van der Waals surface area contributed by atoms with Crippen LogP contribution in [0.4, 0.5) is 0 Å². The van der Waals surface area contributed by atoms with Crippen LogP contribution in [-0.2, 0) is 9.59 Å². The summed E-state index contributed by atoms with van der Waals surface area (Å²) >= 11 is 0. The second-order valence-corrected chi connectivity index (χ2v) is 5.44. The van der Waals surface area contributed by atoms with Gasteiger partial charge in [-0.2, -0.15) is 0 Å². The van der Waals surface area contributed by atoms with Gasteiger partial charge >= 0.3 is 0 Å². The van der Waals surface area contributed by atoms with Crippen molar-refractivity contribution in [2.24, 2.45) is 17.6 Å². The first-order valence-electron chi connectivity index (χ1n) is 6.95. The molecule has 1 aliphatic carbocycles. The van der Waals surface area contributed by atoms with Crippen LogP contribution in [0.15, 0.2) is 12.2 Å². The van der Waals surface area contributed by atoms with Gasteiger partial charge in [-0.25, -0.2) is 0 Å². The van der Waals surface area contributed by atoms with E-state index in [-0.39, 0.29) is 24.3 Å². The van der Waals surface area contributed by atoms with Crippen LogP contribution in [0.5, 0.6) is 0 Å². The molecule has 5 heteroatoms. The van der Waals surface area contributed by atoms with Crippen LogP contribution < -0.4 is 16.4 Å². The molecule has 1 unspecified atom stereocenters. The Morgan fingerprint density at radius 1 is 1.32 bits per heavy atom. The predicted octanol–water partition coefficient (Wildman–Crippen LogP) is 0.558. The maximum atomic E-state index is 11.6. The minimum absolute atomic E-state index is 0.00180. The topological polar surface area (TPSA) is 84.2 Å². The summed E-state index contributed by atoms with van der Waals surface area (Å²) in [5.74, 6) is 0.157. The summed E-state index contributed by atoms with van der Waals surface area (Å²) in [6.45, 7) is 4.43. The molecule has 0 aromatic rings. The lowest BCUT2D eigenvalue weighted by molar-refractivity contribution is -0.127. The van der Waals surface area contributed by atoms with Crippen molar-refractivity contribution >= 4 is 11.8 Å². The fourth-order valence-corrected chi connectivity index (χ4v) is 1.95. The number of rotatable bonds is 6. The molecule has 108 valence electrons. The van der Waals surface area contributed by atoms with Crippen molar-refractivity contribution in [3.63, 3.8) is 0 Å². The third kappa shape index (κ3) is 5.87. The average Bonchev–Trinajstić information content (AvgIpc) is 2.42. The van der Waals surface area contributed by atoms with Crippen molar-refractivity contribution in [1.82, 2.24) is 10.6 Å². The maximum absolute atomic E-state index is 11.6. The first-order chi connectivity index (χ1) is 9.00. The van der Waals surface area contributed by atoms with Crippen LogP contribution in [-0.4, -0.2) is 30.9 Å². The summed E-state index contributed by atoms with van der Waals surface area (Å²) in [5, 5.41) is 5.41. The van der Waals surface area contributed by atoms with Gasteiger partial charge in [-0.3, -0.25) is 9.59 Å². The molecule has 0 saturated heterocycles. The normalized spacial score (nSPS) is 20.1. The van der Waals surface area contributed by atoms with Gasteiger partial charge in [-0.1, -0.05) is 26.0 Å². The number of amides is 2. The Morgan fingerprint density at radius 3 is 2.63 bits per heavy atom. The zero-order chi connectivity index (χ0) is 14.3. The molecule has 2 atom stereocenters. The second-order valence-electron chi connectivity index (χ2n) is 5.44. The van der Waals surface area contributed by atoms with Crippen molar-refractivity contribution in [2.45, 2.75) is 39.2 Å². The monoisotopic (exact) mass is 267 g/mol. The predicted molar refractivity (Wildman–Crippen MR) is 75.3 cm³/mol. The Kier molecular flexibility index (Phi) is 6.56. The Labute approximate surface area is 115 Å². The lowest BCUT2D eigenvalue weighted by atomic mass is 9.94. The number of nitrogens with one attached hydrogen (secondary N) is 2. The lowest BCUT2D eigenvalue weighted by Crippen LogP contribution is -2.47. The van der Waals surface area contributed by atoms with Crippen molar-refractivity contribution < 1.29 is 9.59 Å². The van der Waals surface area contributed by atoms with Crippen molar-refractivity contribution in [1.29, 1.82) is 0 Å². The standard InChI is InChI=1S/C14H25N3O2/c1-10(2)13(15)14(19)17-9-12(18)16-8-11-6-4-3-5-7-11/h3-4,10-11,13H,5-9,15H2,1-2H3,(H,16,18)(H,17,19)/t11?,13-/m0/s1. The van der Waals surface area contributed by atoms with Gasteiger partial charge < -0.3 is 16.4 Å². The van der Waals surface area contributed by atoms with E-state index >= 15 is 0 Å². The van der Waals surface area contributed by atoms with Gasteiger partial charge in [0.15, 0.2) is 0 Å². The molecule has 0 spiro atoms. The molecular weight excluding hydrogens is 242 g/mol. The summed E-state index contributed by atoms with van der Waals surface area (Å²) in [6.07, 6.45) is 7.54. The molecule has 0 radical (unpaired) electrons. The zero-order valence-corrected chi connectivity index (χ0v) is 11.8. The number of carbonyl (C=O) groups excluding carboxylic acids is 2. The van der Waals surface area contributed by atoms with Crippen LogP contribution >= 0.6 is 0 Å². The van der Waals surface area contributed by atoms with E-state index < -0.39 is 6.04 Å². The largest absolute Gasteiger partial charge is 0.354 e. The van der Waals surface area contributed by atoms with Crippen LogP contribution in [0.1, 0.15) is 33.1 Å². The highest BCUT2D eigenvalue weighted by Crippen LogP contribution is 2.16. The van der Waals surface area contributed by atoms with Crippen LogP contribution in [0.3, 0.4) is 0 Å². The Morgan fingerprint density at radius 2 is 2.05 bits per heavy atom. The van der Waals surface area contributed by atoms with Gasteiger partial charge in [0.2, 0.25) is 11.8 Å². The summed E-state index contributed by atoms with van der Waals surface area (Å²) in [5.41, 5.74) is 5.69. The third-order valence-electron chi connectivity index (χ3n) is 3.41. The van der Waals surface area contributed by atoms with Crippen molar-refractivity contribution in [3.8, 4) is 0 Å². The van der Waals surface area contributed by atoms with Gasteiger partial charge in [-0.15, -0.1) is 0 Å². The van der Waals surface area contributed by atoms with E-state index in [0.29, 0.717) is 12.5 Å². The number of hydrogen-bond acceptors (Lipinski definition) is 3. The first kappa shape index (κ1) is 15.7. The highest BCUT2D eigenvalue weighted by atomic mass is 16.2. The second kappa shape index (κ2) is 7.94. The van der Waals surface area contributed by atoms with Gasteiger partial charge in [-0.05, 0) is 31.1 Å². The van der Waals surface area contributed by atoms with E-state index in [1.807, 2.05) is 13.8 Å². The van der Waals surface area contributed by atoms with Crippen LogP contribution in [0.25, 0.3) is 0 Å². The minimum Gasteiger partial charge on any atom is -0.354 e. The molecule has 4 N–H and O–H groups in total. The molecule has 1 rings (SSSR count). The van der Waals surface area contributed by atoms with E-state index in [0.717, 1.165) is 19.3 Å². The molecule has 1 aliphatic rings. The summed E-state index contributed by atoms with van der Waals surface area (Å²) in [7, 11) is 0. The molecule has 0 aromatic carbocycles. The Bertz CT molecular complexity index is 340. The lowest BCUT2D eigenvalue weighted by Gasteiger charge is -2.19. The van der Waals surface area contributed by atoms with Crippen LogP contribution in [0.2, 0.25) is 0 Å². The van der Waals surface area contributed by atoms with Crippen molar-refractivity contribution in [3.05, 3.63) is 12.2 Å². The Balaban J connectivity index is 2.17. The molecule has 0 aromatic heterocycles. The van der Waals surface area contributed by atoms with E-state index in [2.05, 4.69) is 22.8 Å². The van der Waals surface area contributed by atoms with Gasteiger partial charge in [0, 0.05) is 6.54 Å². The molecule has 0 aliphatic heterocycles. The minimum atomic E-state index is -0.559. The zero-order valence-electron chi connectivity index (χ0n) is 11.8. The molecular formula is C14H25N3O2. The number of nitrogens with two attached hydrogens (primary N) is 1. The number of allylic oxidation sites excluding steroid dienone is 2. The highest BCUT2D eigenvalue weighted by Gasteiger charge is 2.18. The van der Waals surface area contributed by atoms with E-state index in [9.17, 15) is 9.59 Å². The SMILES string of the molecule is CC(C)[C@H](N)C(=O)NCC(=O)NCC1CC=CCC1. The fourth-order valence-electron chi connectivity index (χ4n) is 1.95. The summed E-state index contributed by atoms with van der Waals surface area (Å²) < 4.78 is 0. The van der Waals surface area contributed by atoms with E-state index in [1.54, 1.807) is 0 Å². The summed E-state index contributed by atoms with van der Waals surface area (Å²) in [6, 6.07) is -0.559. The van der Waals surface area contributed by atoms with E-state index in [4.69, 9.17) is 5.73 Å². The van der Waals surface area contributed by atoms with Gasteiger partial charge in [0.05, 0.1) is 12.6 Å². The molecule has 0 bridgehead atoms. The number of carbonyl (C=O) groups is 2. The molecule has 5 nitrogen and oxygen atoms in total. The highest BCUT2D eigenvalue weighted by molar-refractivity contribution is 5.87. The molecule has 2 amide bonds. The fraction of sp³-hybridized carbons (Fsp3) is 0.714. The van der Waals surface area contributed by atoms with Crippen molar-refractivity contribution in [2.75, 3.05) is 13.1 Å². The van der Waals surface area contributed by atoms with Crippen LogP contribution in [0, 0.1) is 11.8 Å². The molecule has 0 saturated carbocycles. The first-order valence-corrected chi connectivity index (χ1v) is 6.95. The van der Waals surface area contributed by atoms with Gasteiger partial charge in [0.25, 0.3) is 0 Å². The van der Waals surface area contributed by atoms with E-state index in [1.165, 1.54) is 0 Å². The summed E-state index contributed by atoms with van der Waals surface area (Å²) in [4.78, 5) is 23.2. The maximum Gasteiger partial charge on any atom is 0.239 e.